The Morgan fingerprint density at radius 3 is 1.19 bits per heavy atom. The number of anilines is 4. The number of carbonyl (C=O) groups excluding carboxylic acids is 5. The van der Waals surface area contributed by atoms with E-state index in [-0.39, 0.29) is 130 Å². The third kappa shape index (κ3) is 35.6. The Morgan fingerprint density at radius 2 is 0.808 bits per heavy atom. The van der Waals surface area contributed by atoms with E-state index in [4.69, 9.17) is 54.1 Å². The summed E-state index contributed by atoms with van der Waals surface area (Å²) in [4.78, 5) is 144. The summed E-state index contributed by atoms with van der Waals surface area (Å²) in [6.45, 7) is 7.83. The Hall–Kier alpha value is -12.9. The maximum absolute atomic E-state index is 13.9. The molecule has 0 aliphatic heterocycles. The molecule has 0 fully saturated rings. The number of aryl methyl sites for hydroxylation is 2. The molecule has 6 aromatic heterocycles. The van der Waals surface area contributed by atoms with Crippen molar-refractivity contribution in [3.63, 3.8) is 0 Å². The van der Waals surface area contributed by atoms with Crippen molar-refractivity contribution >= 4 is 87.1 Å². The second-order valence-corrected chi connectivity index (χ2v) is 28.7. The van der Waals surface area contributed by atoms with Gasteiger partial charge in [-0.2, -0.15) is 18.7 Å². The lowest BCUT2D eigenvalue weighted by atomic mass is 10.1. The first-order chi connectivity index (χ1) is 62.9. The Balaban J connectivity index is 0.588. The standard InChI is InChI=1S/C81H104F5N23O21/c82-64-65(83)67(85)71(68(86)66(64)84)130-63(114)19-27-121-33-39-127-40-34-122-28-22-107(23-29-123-35-41-128-43-37-125-31-25-108-49-55(103-105-108)5-1-3-20-89-76(117)59(15-17-61(110)111)97-74(115)51-7-11-53(12-8-51)91-45-57-47-93-72-69(95-57)78(119)101-80(87)99-72)24-30-124-36-42-129-44-38-126-32-26-109-50-56(104-106-109)6-2-4-21-90-77(118)60(16-18-62(112)113)98-75(116)52-9-13-54(14-10-52)92-46-58-48-94-73-70(96-58)79(120)102-81(88)100-73/h7-14,47-50,59-60,91-92H,1-6,15-46H2,(H,89,117)(H,90,118)(H,97,115)(H,98,116)(H,110,111)(H,112,113)(H3,87,93,99,101,119)(H3,88,94,100,102,120)/t59-,60-/m0/s1. The van der Waals surface area contributed by atoms with E-state index in [1.165, 1.54) is 36.7 Å². The molecule has 3 aromatic carbocycles. The molecule has 2 atom stereocenters. The number of nitrogen functional groups attached to an aromatic ring is 2. The van der Waals surface area contributed by atoms with Gasteiger partial charge < -0.3 is 101 Å². The second kappa shape index (κ2) is 55.1. The summed E-state index contributed by atoms with van der Waals surface area (Å²) in [6.07, 6.45) is 8.55. The van der Waals surface area contributed by atoms with Crippen LogP contribution >= 0.6 is 0 Å². The molecule has 130 heavy (non-hydrogen) atoms. The molecule has 0 saturated heterocycles. The number of hydrogen-bond acceptors (Lipinski definition) is 34. The molecule has 14 N–H and O–H groups in total. The first-order valence-electron chi connectivity index (χ1n) is 41.7. The molecule has 0 radical (unpaired) electrons. The molecule has 704 valence electrons. The number of halogens is 5. The molecule has 0 aliphatic carbocycles. The molecule has 49 heteroatoms. The SMILES string of the molecule is Nc1nc2ncc(CNc3ccc(C(=O)N[C@@H](CCC(=O)O)C(=O)NCCCCc4cn(CCOCCOCCOCCN(CCOCCOCCOCCC(=O)Oc5c(F)c(F)c(F)c(F)c5F)CCOCCOCCOCCn5cc(CCCCNC(=O)[C@H](CCC(=O)O)NC(=O)c6ccc(NCc7cnc8nc(N)[nH]c(=O)c8n7)cc6)nn5)nn4)cc3)nc2c(=O)[nH]1. The Labute approximate surface area is 738 Å². The molecule has 9 rings (SSSR count). The minimum atomic E-state index is -2.39. The summed E-state index contributed by atoms with van der Waals surface area (Å²) in [5.41, 5.74) is 14.4. The average Bonchev–Trinajstić information content (AvgIpc) is 0.817. The number of unbranched alkanes of at least 4 members (excludes halogenated alkanes) is 2. The van der Waals surface area contributed by atoms with Crippen LogP contribution in [-0.2, 0) is 106 Å². The van der Waals surface area contributed by atoms with Crippen molar-refractivity contribution < 1.29 is 113 Å². The van der Waals surface area contributed by atoms with Gasteiger partial charge in [-0.1, -0.05) is 10.4 Å². The predicted molar refractivity (Wildman–Crippen MR) is 451 cm³/mol. The number of esters is 1. The van der Waals surface area contributed by atoms with E-state index >= 15 is 0 Å². The minimum absolute atomic E-state index is 0.00103. The number of hydrogen-bond donors (Lipinski definition) is 12. The molecule has 0 bridgehead atoms. The molecule has 0 saturated carbocycles. The molecule has 9 aromatic rings. The zero-order valence-electron chi connectivity index (χ0n) is 71.0. The van der Waals surface area contributed by atoms with Crippen LogP contribution in [0.4, 0.5) is 45.2 Å². The van der Waals surface area contributed by atoms with Gasteiger partial charge in [0.1, 0.15) is 12.1 Å². The maximum atomic E-state index is 13.9. The van der Waals surface area contributed by atoms with Crippen molar-refractivity contribution in [3.8, 4) is 5.75 Å². The van der Waals surface area contributed by atoms with Gasteiger partial charge in [0, 0.05) is 80.5 Å². The monoisotopic (exact) mass is 1830 g/mol. The van der Waals surface area contributed by atoms with E-state index in [9.17, 15) is 75.3 Å². The van der Waals surface area contributed by atoms with Gasteiger partial charge in [0.25, 0.3) is 22.9 Å². The lowest BCUT2D eigenvalue weighted by Gasteiger charge is -2.22. The van der Waals surface area contributed by atoms with E-state index in [0.29, 0.717) is 180 Å². The Morgan fingerprint density at radius 1 is 0.446 bits per heavy atom. The van der Waals surface area contributed by atoms with Gasteiger partial charge in [0.05, 0.1) is 187 Å². The van der Waals surface area contributed by atoms with E-state index in [2.05, 4.69) is 102 Å². The number of aliphatic carboxylic acids is 2. The van der Waals surface area contributed by atoms with Gasteiger partial charge in [-0.05, 0) is 99.9 Å². The van der Waals surface area contributed by atoms with E-state index in [1.807, 2.05) is 12.4 Å². The number of nitrogens with two attached hydrogens (primary N) is 2. The smallest absolute Gasteiger partial charge is 0.313 e. The van der Waals surface area contributed by atoms with Crippen molar-refractivity contribution in [2.45, 2.75) is 109 Å². The normalized spacial score (nSPS) is 11.9. The highest BCUT2D eigenvalue weighted by Crippen LogP contribution is 2.30. The van der Waals surface area contributed by atoms with E-state index in [0.717, 1.165) is 11.4 Å². The largest absolute Gasteiger partial charge is 0.481 e. The number of fused-ring (bicyclic) bond motifs is 2. The van der Waals surface area contributed by atoms with Crippen molar-refractivity contribution in [1.82, 2.24) is 96.0 Å². The van der Waals surface area contributed by atoms with Gasteiger partial charge >= 0.3 is 17.9 Å². The lowest BCUT2D eigenvalue weighted by Crippen LogP contribution is -2.47. The number of aromatic amines is 2. The van der Waals surface area contributed by atoms with Crippen molar-refractivity contribution in [1.29, 1.82) is 0 Å². The van der Waals surface area contributed by atoms with Crippen LogP contribution in [0, 0.1) is 29.1 Å². The lowest BCUT2D eigenvalue weighted by molar-refractivity contribution is -0.138. The number of amides is 4. The molecule has 0 spiro atoms. The third-order valence-electron chi connectivity index (χ3n) is 18.9. The number of H-pyrrole nitrogens is 2. The number of nitrogens with zero attached hydrogens (tertiary/aromatic N) is 13. The Kier molecular flexibility index (Phi) is 42.8. The number of aromatic nitrogens is 14. The van der Waals surface area contributed by atoms with Gasteiger partial charge in [0.15, 0.2) is 22.3 Å². The average molecular weight is 1830 g/mol. The molecule has 0 unspecified atom stereocenters. The fourth-order valence-electron chi connectivity index (χ4n) is 12.0. The van der Waals surface area contributed by atoms with E-state index in [1.54, 1.807) is 33.6 Å². The summed E-state index contributed by atoms with van der Waals surface area (Å²) < 4.78 is 127. The maximum Gasteiger partial charge on any atom is 0.313 e. The topological polar surface area (TPSA) is 584 Å². The number of rotatable bonds is 65. The van der Waals surface area contributed by atoms with Gasteiger partial charge in [-0.15, -0.1) is 10.2 Å². The van der Waals surface area contributed by atoms with Crippen molar-refractivity contribution in [3.05, 3.63) is 157 Å². The fraction of sp³-hybridized carbons (Fsp3) is 0.494. The van der Waals surface area contributed by atoms with E-state index < -0.39 is 106 Å². The molecule has 6 heterocycles. The van der Waals surface area contributed by atoms with Crippen LogP contribution < -0.4 is 59.2 Å². The van der Waals surface area contributed by atoms with Crippen LogP contribution in [0.1, 0.15) is 101 Å². The summed E-state index contributed by atoms with van der Waals surface area (Å²) in [5, 5.41) is 52.7. The second-order valence-electron chi connectivity index (χ2n) is 28.7. The zero-order valence-corrected chi connectivity index (χ0v) is 71.0. The number of carboxylic acids is 2. The predicted octanol–water partition coefficient (Wildman–Crippen LogP) is 2.36. The number of carbonyl (C=O) groups is 7. The molecular weight excluding hydrogens is 1730 g/mol. The van der Waals surface area contributed by atoms with Crippen molar-refractivity contribution in [2.24, 2.45) is 0 Å². The fourth-order valence-corrected chi connectivity index (χ4v) is 12.0. The van der Waals surface area contributed by atoms with Gasteiger partial charge in [0.2, 0.25) is 58.5 Å². The first kappa shape index (κ1) is 101. The summed E-state index contributed by atoms with van der Waals surface area (Å²) in [5.74, 6) is -19.0. The van der Waals surface area contributed by atoms with Crippen LogP contribution in [0.3, 0.4) is 0 Å². The highest BCUT2D eigenvalue weighted by Gasteiger charge is 2.30. The summed E-state index contributed by atoms with van der Waals surface area (Å²) in [7, 11) is 0. The van der Waals surface area contributed by atoms with Crippen LogP contribution in [-0.4, -0.2) is 290 Å². The highest BCUT2D eigenvalue weighted by molar-refractivity contribution is 5.99. The number of benzene rings is 3. The van der Waals surface area contributed by atoms with Crippen LogP contribution in [0.2, 0.25) is 0 Å². The number of ether oxygens (including phenoxy) is 10. The highest BCUT2D eigenvalue weighted by atomic mass is 19.2. The third-order valence-corrected chi connectivity index (χ3v) is 18.9. The molecule has 0 aliphatic rings. The zero-order chi connectivity index (χ0) is 92.8. The van der Waals surface area contributed by atoms with Crippen LogP contribution in [0.5, 0.6) is 5.75 Å². The minimum Gasteiger partial charge on any atom is -0.481 e. The molecular formula is C81H104F5N23O21. The quantitative estimate of drug-likeness (QED) is 0.00650. The molecule has 44 nitrogen and oxygen atoms in total. The molecule has 4 amide bonds. The number of carboxylic acid groups (broad SMARTS) is 2. The van der Waals surface area contributed by atoms with Gasteiger partial charge in [-0.25, -0.2) is 42.5 Å². The summed E-state index contributed by atoms with van der Waals surface area (Å²) in [6, 6.07) is 10.5. The van der Waals surface area contributed by atoms with Crippen molar-refractivity contribution in [2.75, 3.05) is 174 Å². The number of nitrogens with one attached hydrogen (secondary N) is 8. The van der Waals surface area contributed by atoms with Crippen LogP contribution in [0.25, 0.3) is 22.3 Å². The van der Waals surface area contributed by atoms with Crippen LogP contribution in [0.15, 0.2) is 82.9 Å². The first-order valence-corrected chi connectivity index (χ1v) is 41.7. The van der Waals surface area contributed by atoms with Gasteiger partial charge in [-0.3, -0.25) is 58.0 Å². The Bertz CT molecular complexity index is 4950. The summed E-state index contributed by atoms with van der Waals surface area (Å²) >= 11 is 0.